The molecule has 0 bridgehead atoms. The summed E-state index contributed by atoms with van der Waals surface area (Å²) in [5.41, 5.74) is 6.09. The lowest BCUT2D eigenvalue weighted by molar-refractivity contribution is -0.143. The fourth-order valence-electron chi connectivity index (χ4n) is 5.53. The summed E-state index contributed by atoms with van der Waals surface area (Å²) in [6, 6.07) is 25.8. The lowest BCUT2D eigenvalue weighted by atomic mass is 9.96. The van der Waals surface area contributed by atoms with Crippen molar-refractivity contribution in [3.63, 3.8) is 0 Å². The minimum Gasteiger partial charge on any atom is -0.467 e. The monoisotopic (exact) mass is 528 g/mol. The quantitative estimate of drug-likeness (QED) is 0.423. The van der Waals surface area contributed by atoms with Gasteiger partial charge in [0.2, 0.25) is 0 Å². The Bertz CT molecular complexity index is 1210. The van der Waals surface area contributed by atoms with E-state index in [0.29, 0.717) is 6.54 Å². The summed E-state index contributed by atoms with van der Waals surface area (Å²) in [5.74, 6) is -0.489. The number of esters is 1. The second-order valence-corrected chi connectivity index (χ2v) is 10.2. The van der Waals surface area contributed by atoms with Gasteiger partial charge in [0, 0.05) is 19.6 Å². The fraction of sp³-hybridized carbons (Fsp3) is 0.375. The van der Waals surface area contributed by atoms with Crippen LogP contribution in [0.1, 0.15) is 46.8 Å². The number of carbonyl (C=O) groups is 2. The number of hydrogen-bond donors (Lipinski definition) is 1. The summed E-state index contributed by atoms with van der Waals surface area (Å²) in [7, 11) is 1.33. The van der Waals surface area contributed by atoms with Gasteiger partial charge in [0.25, 0.3) is 0 Å². The molecule has 1 aliphatic carbocycles. The largest absolute Gasteiger partial charge is 0.467 e. The van der Waals surface area contributed by atoms with E-state index >= 15 is 0 Å². The maximum absolute atomic E-state index is 12.4. The van der Waals surface area contributed by atoms with E-state index in [4.69, 9.17) is 14.2 Å². The molecule has 1 fully saturated rings. The molecule has 1 amide bonds. The molecular weight excluding hydrogens is 492 g/mol. The Morgan fingerprint density at radius 1 is 0.872 bits per heavy atom. The SMILES string of the molecule is COC(=O)[C@@H](CN1CCC(OC2c3ccccc3CCc3ccccc32)CC1)NC(=O)OCc1ccccc1. The average molecular weight is 529 g/mol. The molecule has 204 valence electrons. The van der Waals surface area contributed by atoms with Gasteiger partial charge in [-0.05, 0) is 53.5 Å². The molecule has 0 saturated carbocycles. The number of alkyl carbamates (subject to hydrolysis) is 1. The third-order valence-corrected chi connectivity index (χ3v) is 7.63. The number of ether oxygens (including phenoxy) is 3. The van der Waals surface area contributed by atoms with Crippen molar-refractivity contribution in [3.8, 4) is 0 Å². The average Bonchev–Trinajstić information content (AvgIpc) is 3.14. The second kappa shape index (κ2) is 12.9. The van der Waals surface area contributed by atoms with Crippen LogP contribution in [-0.4, -0.2) is 55.9 Å². The molecule has 0 radical (unpaired) electrons. The first-order chi connectivity index (χ1) is 19.1. The lowest BCUT2D eigenvalue weighted by Crippen LogP contribution is -2.51. The topological polar surface area (TPSA) is 77.1 Å². The summed E-state index contributed by atoms with van der Waals surface area (Å²) < 4.78 is 17.1. The number of nitrogens with zero attached hydrogens (tertiary/aromatic N) is 1. The maximum Gasteiger partial charge on any atom is 0.408 e. The Hall–Kier alpha value is -3.68. The number of piperidine rings is 1. The summed E-state index contributed by atoms with van der Waals surface area (Å²) >= 11 is 0. The van der Waals surface area contributed by atoms with Gasteiger partial charge >= 0.3 is 12.1 Å². The van der Waals surface area contributed by atoms with E-state index < -0.39 is 18.1 Å². The van der Waals surface area contributed by atoms with E-state index in [1.54, 1.807) is 0 Å². The van der Waals surface area contributed by atoms with Crippen molar-refractivity contribution in [1.29, 1.82) is 0 Å². The zero-order chi connectivity index (χ0) is 27.0. The lowest BCUT2D eigenvalue weighted by Gasteiger charge is -2.35. The number of methoxy groups -OCH3 is 1. The molecule has 7 heteroatoms. The molecule has 1 N–H and O–H groups in total. The standard InChI is InChI=1S/C32H36N2O5/c1-37-31(35)29(33-32(36)38-22-23-9-3-2-4-10-23)21-34-19-17-26(18-20-34)39-30-27-13-7-5-11-24(27)15-16-25-12-6-8-14-28(25)30/h2-14,26,29-30H,15-22H2,1H3,(H,33,36)/t29-/m1/s1. The van der Waals surface area contributed by atoms with Crippen LogP contribution < -0.4 is 5.32 Å². The normalized spacial score (nSPS) is 16.8. The van der Waals surface area contributed by atoms with Crippen LogP contribution in [0.2, 0.25) is 0 Å². The third-order valence-electron chi connectivity index (χ3n) is 7.63. The molecule has 7 nitrogen and oxygen atoms in total. The Labute approximate surface area is 230 Å². The van der Waals surface area contributed by atoms with Crippen LogP contribution in [0, 0.1) is 0 Å². The summed E-state index contributed by atoms with van der Waals surface area (Å²) in [5, 5.41) is 2.68. The van der Waals surface area contributed by atoms with Crippen molar-refractivity contribution >= 4 is 12.1 Å². The first-order valence-electron chi connectivity index (χ1n) is 13.7. The molecule has 0 spiro atoms. The Balaban J connectivity index is 1.18. The third kappa shape index (κ3) is 6.85. The first kappa shape index (κ1) is 26.9. The Morgan fingerprint density at radius 3 is 2.08 bits per heavy atom. The van der Waals surface area contributed by atoms with E-state index in [9.17, 15) is 9.59 Å². The Morgan fingerprint density at radius 2 is 1.46 bits per heavy atom. The fourth-order valence-corrected chi connectivity index (χ4v) is 5.53. The molecule has 0 aromatic heterocycles. The van der Waals surface area contributed by atoms with Gasteiger partial charge < -0.3 is 24.4 Å². The number of nitrogens with one attached hydrogen (secondary N) is 1. The van der Waals surface area contributed by atoms with Gasteiger partial charge in [-0.25, -0.2) is 9.59 Å². The number of rotatable bonds is 8. The molecule has 1 atom stereocenters. The maximum atomic E-state index is 12.4. The molecule has 0 unspecified atom stereocenters. The van der Waals surface area contributed by atoms with Gasteiger partial charge in [0.1, 0.15) is 18.8 Å². The van der Waals surface area contributed by atoms with E-state index in [-0.39, 0.29) is 18.8 Å². The van der Waals surface area contributed by atoms with Crippen molar-refractivity contribution < 1.29 is 23.8 Å². The highest BCUT2D eigenvalue weighted by Crippen LogP contribution is 2.37. The number of hydrogen-bond acceptors (Lipinski definition) is 6. The van der Waals surface area contributed by atoms with Crippen molar-refractivity contribution in [2.45, 2.75) is 50.5 Å². The number of amides is 1. The zero-order valence-corrected chi connectivity index (χ0v) is 22.4. The smallest absolute Gasteiger partial charge is 0.408 e. The van der Waals surface area contributed by atoms with Crippen molar-refractivity contribution in [1.82, 2.24) is 10.2 Å². The molecule has 1 saturated heterocycles. The molecule has 39 heavy (non-hydrogen) atoms. The molecule has 1 heterocycles. The first-order valence-corrected chi connectivity index (χ1v) is 13.7. The van der Waals surface area contributed by atoms with Gasteiger partial charge in [-0.1, -0.05) is 78.9 Å². The number of benzene rings is 3. The van der Waals surface area contributed by atoms with E-state index in [1.165, 1.54) is 29.4 Å². The predicted molar refractivity (Wildman–Crippen MR) is 148 cm³/mol. The van der Waals surface area contributed by atoms with Gasteiger partial charge in [-0.2, -0.15) is 0 Å². The van der Waals surface area contributed by atoms with E-state index in [1.807, 2.05) is 30.3 Å². The minimum absolute atomic E-state index is 0.0830. The predicted octanol–water partition coefficient (Wildman–Crippen LogP) is 4.82. The number of likely N-dealkylation sites (tertiary alicyclic amines) is 1. The van der Waals surface area contributed by atoms with Crippen LogP contribution in [0.5, 0.6) is 0 Å². The van der Waals surface area contributed by atoms with Crippen LogP contribution in [-0.2, 0) is 38.5 Å². The summed E-state index contributed by atoms with van der Waals surface area (Å²) in [6.07, 6.45) is 3.09. The molecular formula is C32H36N2O5. The second-order valence-electron chi connectivity index (χ2n) is 10.2. The molecule has 1 aliphatic heterocycles. The molecule has 3 aromatic rings. The molecule has 5 rings (SSSR count). The van der Waals surface area contributed by atoms with Gasteiger partial charge in [-0.3, -0.25) is 0 Å². The van der Waals surface area contributed by atoms with Gasteiger partial charge in [0.05, 0.1) is 13.2 Å². The van der Waals surface area contributed by atoms with Crippen LogP contribution >= 0.6 is 0 Å². The number of aryl methyl sites for hydroxylation is 2. The highest BCUT2D eigenvalue weighted by molar-refractivity contribution is 5.81. The van der Waals surface area contributed by atoms with Crippen LogP contribution in [0.15, 0.2) is 78.9 Å². The summed E-state index contributed by atoms with van der Waals surface area (Å²) in [4.78, 5) is 27.0. The van der Waals surface area contributed by atoms with Crippen LogP contribution in [0.25, 0.3) is 0 Å². The highest BCUT2D eigenvalue weighted by Gasteiger charge is 2.31. The van der Waals surface area contributed by atoms with E-state index in [0.717, 1.165) is 44.3 Å². The molecule has 3 aromatic carbocycles. The zero-order valence-electron chi connectivity index (χ0n) is 22.4. The van der Waals surface area contributed by atoms with Crippen LogP contribution in [0.4, 0.5) is 4.79 Å². The van der Waals surface area contributed by atoms with Gasteiger partial charge in [-0.15, -0.1) is 0 Å². The van der Waals surface area contributed by atoms with Crippen LogP contribution in [0.3, 0.4) is 0 Å². The van der Waals surface area contributed by atoms with Crippen molar-refractivity contribution in [2.75, 3.05) is 26.7 Å². The summed E-state index contributed by atoms with van der Waals surface area (Å²) in [6.45, 7) is 2.01. The Kier molecular flexibility index (Phi) is 8.91. The van der Waals surface area contributed by atoms with Crippen molar-refractivity contribution in [3.05, 3.63) is 107 Å². The van der Waals surface area contributed by atoms with Crippen molar-refractivity contribution in [2.24, 2.45) is 0 Å². The molecule has 2 aliphatic rings. The van der Waals surface area contributed by atoms with Gasteiger partial charge in [0.15, 0.2) is 0 Å². The highest BCUT2D eigenvalue weighted by atomic mass is 16.6. The van der Waals surface area contributed by atoms with E-state index in [2.05, 4.69) is 58.7 Å². The minimum atomic E-state index is -0.809. The number of carbonyl (C=O) groups excluding carboxylic acids is 2. The number of fused-ring (bicyclic) bond motifs is 2.